The van der Waals surface area contributed by atoms with Crippen LogP contribution in [-0.4, -0.2) is 24.8 Å². The molecule has 2 rings (SSSR count). The van der Waals surface area contributed by atoms with E-state index >= 15 is 0 Å². The minimum absolute atomic E-state index is 0.119. The number of rotatable bonds is 4. The van der Waals surface area contributed by atoms with E-state index in [-0.39, 0.29) is 12.5 Å². The number of hydrogen-bond acceptors (Lipinski definition) is 6. The fraction of sp³-hybridized carbons (Fsp3) is 0.200. The molecule has 0 fully saturated rings. The second kappa shape index (κ2) is 5.33. The fourth-order valence-corrected chi connectivity index (χ4v) is 1.86. The Balaban J connectivity index is 2.13. The van der Waals surface area contributed by atoms with Crippen LogP contribution in [0.25, 0.3) is 11.4 Å². The molecule has 8 heteroatoms. The van der Waals surface area contributed by atoms with E-state index in [0.29, 0.717) is 5.82 Å². The number of halogens is 1. The van der Waals surface area contributed by atoms with Gasteiger partial charge in [0.15, 0.2) is 0 Å². The smallest absolute Gasteiger partial charge is 0.264 e. The van der Waals surface area contributed by atoms with Crippen LogP contribution in [0.1, 0.15) is 5.89 Å². The molecule has 0 aliphatic carbocycles. The maximum absolute atomic E-state index is 10.8. The first kappa shape index (κ1) is 13.4. The summed E-state index contributed by atoms with van der Waals surface area (Å²) < 4.78 is 32.2. The van der Waals surface area contributed by atoms with Crippen LogP contribution >= 0.6 is 22.6 Å². The van der Waals surface area contributed by atoms with Gasteiger partial charge in [0.2, 0.25) is 5.82 Å². The molecule has 0 radical (unpaired) electrons. The Morgan fingerprint density at radius 2 is 2.00 bits per heavy atom. The van der Waals surface area contributed by atoms with Gasteiger partial charge in [-0.25, -0.2) is 0 Å². The average Bonchev–Trinajstić information content (AvgIpc) is 2.75. The van der Waals surface area contributed by atoms with Crippen molar-refractivity contribution < 1.29 is 17.1 Å². The van der Waals surface area contributed by atoms with Crippen LogP contribution < -0.4 is 0 Å². The van der Waals surface area contributed by atoms with E-state index < -0.39 is 10.1 Å². The molecule has 1 heterocycles. The Morgan fingerprint density at radius 1 is 1.33 bits per heavy atom. The van der Waals surface area contributed by atoms with Crippen molar-refractivity contribution in [2.24, 2.45) is 0 Å². The highest BCUT2D eigenvalue weighted by Gasteiger charge is 2.11. The molecule has 0 bridgehead atoms. The van der Waals surface area contributed by atoms with Crippen molar-refractivity contribution in [1.29, 1.82) is 0 Å². The number of hydrogen-bond donors (Lipinski definition) is 0. The van der Waals surface area contributed by atoms with Crippen LogP contribution in [0.15, 0.2) is 28.8 Å². The third kappa shape index (κ3) is 3.75. The van der Waals surface area contributed by atoms with Gasteiger partial charge in [-0.3, -0.25) is 4.18 Å². The standard InChI is InChI=1S/C10H9IN2O4S/c1-18(14,15)16-6-9-12-10(13-17-9)7-2-4-8(11)5-3-7/h2-5H,6H2,1H3. The molecule has 0 aliphatic rings. The largest absolute Gasteiger partial charge is 0.336 e. The summed E-state index contributed by atoms with van der Waals surface area (Å²) in [7, 11) is -3.51. The second-order valence-electron chi connectivity index (χ2n) is 3.48. The number of nitrogens with zero attached hydrogens (tertiary/aromatic N) is 2. The first-order valence-electron chi connectivity index (χ1n) is 4.87. The number of aromatic nitrogens is 2. The molecule has 96 valence electrons. The van der Waals surface area contributed by atoms with E-state index in [1.807, 2.05) is 24.3 Å². The Bertz CT molecular complexity index is 636. The summed E-state index contributed by atoms with van der Waals surface area (Å²) >= 11 is 2.19. The van der Waals surface area contributed by atoms with Gasteiger partial charge < -0.3 is 4.52 Å². The molecule has 2 aromatic rings. The van der Waals surface area contributed by atoms with Gasteiger partial charge in [0.25, 0.3) is 16.0 Å². The van der Waals surface area contributed by atoms with E-state index in [2.05, 4.69) is 36.9 Å². The zero-order valence-corrected chi connectivity index (χ0v) is 12.3. The van der Waals surface area contributed by atoms with E-state index in [9.17, 15) is 8.42 Å². The molecule has 1 aromatic carbocycles. The van der Waals surface area contributed by atoms with Gasteiger partial charge >= 0.3 is 0 Å². The van der Waals surface area contributed by atoms with Gasteiger partial charge in [0.05, 0.1) is 6.26 Å². The molecular weight excluding hydrogens is 371 g/mol. The van der Waals surface area contributed by atoms with Crippen molar-refractivity contribution in [2.45, 2.75) is 6.61 Å². The lowest BCUT2D eigenvalue weighted by Crippen LogP contribution is -2.02. The van der Waals surface area contributed by atoms with Gasteiger partial charge in [-0.2, -0.15) is 13.4 Å². The van der Waals surface area contributed by atoms with Crippen LogP contribution in [-0.2, 0) is 20.9 Å². The van der Waals surface area contributed by atoms with Crippen LogP contribution in [0.3, 0.4) is 0 Å². The predicted molar refractivity (Wildman–Crippen MR) is 72.1 cm³/mol. The quantitative estimate of drug-likeness (QED) is 0.595. The van der Waals surface area contributed by atoms with Gasteiger partial charge in [0.1, 0.15) is 6.61 Å². The monoisotopic (exact) mass is 380 g/mol. The average molecular weight is 380 g/mol. The molecule has 0 saturated carbocycles. The zero-order chi connectivity index (χ0) is 13.2. The zero-order valence-electron chi connectivity index (χ0n) is 9.33. The summed E-state index contributed by atoms with van der Waals surface area (Å²) in [5.74, 6) is 0.521. The van der Waals surface area contributed by atoms with Crippen LogP contribution in [0.5, 0.6) is 0 Å². The third-order valence-corrected chi connectivity index (χ3v) is 3.23. The highest BCUT2D eigenvalue weighted by molar-refractivity contribution is 14.1. The van der Waals surface area contributed by atoms with E-state index in [4.69, 9.17) is 4.52 Å². The van der Waals surface area contributed by atoms with Crippen molar-refractivity contribution in [2.75, 3.05) is 6.26 Å². The molecule has 0 amide bonds. The molecule has 0 atom stereocenters. The first-order chi connectivity index (χ1) is 8.44. The lowest BCUT2D eigenvalue weighted by Gasteiger charge is -1.95. The molecule has 0 aliphatic heterocycles. The van der Waals surface area contributed by atoms with E-state index in [1.54, 1.807) is 0 Å². The van der Waals surface area contributed by atoms with Crippen molar-refractivity contribution in [3.05, 3.63) is 33.7 Å². The van der Waals surface area contributed by atoms with Crippen LogP contribution in [0, 0.1) is 3.57 Å². The Hall–Kier alpha value is -1.00. The van der Waals surface area contributed by atoms with Crippen LogP contribution in [0.2, 0.25) is 0 Å². The van der Waals surface area contributed by atoms with E-state index in [1.165, 1.54) is 0 Å². The highest BCUT2D eigenvalue weighted by Crippen LogP contribution is 2.17. The molecule has 18 heavy (non-hydrogen) atoms. The lowest BCUT2D eigenvalue weighted by molar-refractivity contribution is 0.249. The van der Waals surface area contributed by atoms with Crippen LogP contribution in [0.4, 0.5) is 0 Å². The van der Waals surface area contributed by atoms with Gasteiger partial charge in [-0.1, -0.05) is 17.3 Å². The predicted octanol–water partition coefficient (Wildman–Crippen LogP) is 1.82. The normalized spacial score (nSPS) is 11.7. The minimum Gasteiger partial charge on any atom is -0.336 e. The summed E-state index contributed by atoms with van der Waals surface area (Å²) in [5, 5.41) is 3.75. The molecule has 0 unspecified atom stereocenters. The Morgan fingerprint density at radius 3 is 2.61 bits per heavy atom. The molecule has 0 spiro atoms. The molecule has 0 saturated heterocycles. The molecule has 6 nitrogen and oxygen atoms in total. The minimum atomic E-state index is -3.51. The van der Waals surface area contributed by atoms with Gasteiger partial charge in [-0.05, 0) is 34.7 Å². The molecule has 0 N–H and O–H groups in total. The summed E-state index contributed by atoms with van der Waals surface area (Å²) in [5.41, 5.74) is 0.796. The summed E-state index contributed by atoms with van der Waals surface area (Å²) in [6, 6.07) is 7.54. The molecule has 1 aromatic heterocycles. The lowest BCUT2D eigenvalue weighted by atomic mass is 10.2. The summed E-state index contributed by atoms with van der Waals surface area (Å²) in [6.07, 6.45) is 0.962. The maximum atomic E-state index is 10.8. The highest BCUT2D eigenvalue weighted by atomic mass is 127. The Labute approximate surface area is 118 Å². The van der Waals surface area contributed by atoms with Crippen molar-refractivity contribution in [3.63, 3.8) is 0 Å². The molecular formula is C10H9IN2O4S. The van der Waals surface area contributed by atoms with E-state index in [0.717, 1.165) is 15.4 Å². The SMILES string of the molecule is CS(=O)(=O)OCc1nc(-c2ccc(I)cc2)no1. The van der Waals surface area contributed by atoms with Crippen molar-refractivity contribution in [3.8, 4) is 11.4 Å². The first-order valence-corrected chi connectivity index (χ1v) is 7.76. The van der Waals surface area contributed by atoms with Gasteiger partial charge in [0, 0.05) is 9.13 Å². The summed E-state index contributed by atoms with van der Waals surface area (Å²) in [6.45, 7) is -0.254. The topological polar surface area (TPSA) is 82.3 Å². The Kier molecular flexibility index (Phi) is 3.97. The van der Waals surface area contributed by atoms with Crippen molar-refractivity contribution >= 4 is 32.7 Å². The second-order valence-corrected chi connectivity index (χ2v) is 6.37. The maximum Gasteiger partial charge on any atom is 0.264 e. The fourth-order valence-electron chi connectivity index (χ4n) is 1.19. The summed E-state index contributed by atoms with van der Waals surface area (Å²) in [4.78, 5) is 4.04. The van der Waals surface area contributed by atoms with Crippen molar-refractivity contribution in [1.82, 2.24) is 10.1 Å². The third-order valence-electron chi connectivity index (χ3n) is 1.97. The van der Waals surface area contributed by atoms with Gasteiger partial charge in [-0.15, -0.1) is 0 Å². The number of benzene rings is 1.